The summed E-state index contributed by atoms with van der Waals surface area (Å²) in [5, 5.41) is 0. The quantitative estimate of drug-likeness (QED) is 0.883. The number of aryl methyl sites for hydroxylation is 3. The Morgan fingerprint density at radius 2 is 2.05 bits per heavy atom. The molecule has 3 heteroatoms. The minimum Gasteiger partial charge on any atom is -0.320 e. The van der Waals surface area contributed by atoms with Crippen LogP contribution in [0.3, 0.4) is 0 Å². The van der Waals surface area contributed by atoms with Gasteiger partial charge in [-0.05, 0) is 53.3 Å². The molecular formula is C18H23NS2. The summed E-state index contributed by atoms with van der Waals surface area (Å²) in [4.78, 5) is 2.90. The van der Waals surface area contributed by atoms with Crippen LogP contribution in [0.1, 0.15) is 51.9 Å². The van der Waals surface area contributed by atoms with E-state index >= 15 is 0 Å². The van der Waals surface area contributed by atoms with Crippen LogP contribution in [0, 0.1) is 0 Å². The average Bonchev–Trinajstić information content (AvgIpc) is 2.97. The molecule has 1 aliphatic rings. The number of rotatable bonds is 4. The van der Waals surface area contributed by atoms with Crippen LogP contribution in [-0.2, 0) is 25.0 Å². The Kier molecular flexibility index (Phi) is 4.72. The second-order valence-electron chi connectivity index (χ2n) is 5.62. The van der Waals surface area contributed by atoms with Crippen LogP contribution in [0.4, 0.5) is 0 Å². The molecule has 1 aromatic heterocycles. The van der Waals surface area contributed by atoms with Crippen molar-refractivity contribution < 1.29 is 0 Å². The molecule has 0 fully saturated rings. The zero-order valence-electron chi connectivity index (χ0n) is 12.8. The van der Waals surface area contributed by atoms with Gasteiger partial charge in [0.15, 0.2) is 0 Å². The molecule has 0 bridgehead atoms. The molecule has 112 valence electrons. The minimum atomic E-state index is 0.0343. The average molecular weight is 318 g/mol. The van der Waals surface area contributed by atoms with Crippen molar-refractivity contribution in [3.8, 4) is 0 Å². The van der Waals surface area contributed by atoms with Gasteiger partial charge >= 0.3 is 0 Å². The third kappa shape index (κ3) is 3.05. The summed E-state index contributed by atoms with van der Waals surface area (Å²) in [5.41, 5.74) is 12.2. The summed E-state index contributed by atoms with van der Waals surface area (Å²) in [6.45, 7) is 4.42. The molecule has 0 amide bonds. The van der Waals surface area contributed by atoms with Crippen molar-refractivity contribution in [1.29, 1.82) is 0 Å². The molecule has 3 rings (SSSR count). The lowest BCUT2D eigenvalue weighted by atomic mass is 9.95. The minimum absolute atomic E-state index is 0.0343. The number of benzene rings is 1. The third-order valence-electron chi connectivity index (χ3n) is 4.29. The molecule has 1 nitrogen and oxygen atoms in total. The summed E-state index contributed by atoms with van der Waals surface area (Å²) in [5.74, 6) is 2.42. The van der Waals surface area contributed by atoms with Crippen LogP contribution in [0.5, 0.6) is 0 Å². The maximum atomic E-state index is 6.63. The molecule has 21 heavy (non-hydrogen) atoms. The van der Waals surface area contributed by atoms with Gasteiger partial charge in [-0.3, -0.25) is 0 Å². The monoisotopic (exact) mass is 317 g/mol. The van der Waals surface area contributed by atoms with E-state index in [1.807, 2.05) is 23.1 Å². The van der Waals surface area contributed by atoms with Crippen molar-refractivity contribution in [2.75, 3.05) is 5.75 Å². The highest BCUT2D eigenvalue weighted by Crippen LogP contribution is 2.36. The van der Waals surface area contributed by atoms with Crippen LogP contribution in [0.2, 0.25) is 0 Å². The first-order valence-corrected chi connectivity index (χ1v) is 9.76. The maximum absolute atomic E-state index is 6.63. The number of hydrogen-bond donors (Lipinski definition) is 1. The first-order chi connectivity index (χ1) is 10.2. The molecule has 2 aromatic rings. The largest absolute Gasteiger partial charge is 0.320 e. The molecule has 1 aromatic carbocycles. The summed E-state index contributed by atoms with van der Waals surface area (Å²) < 4.78 is 0. The predicted octanol–water partition coefficient (Wildman–Crippen LogP) is 4.71. The molecular weight excluding hydrogens is 294 g/mol. The standard InChI is InChI=1S/C18H23NS2/c1-3-12-5-6-13(4-2)15(9-12)18(19)17-10-14-11-20-8-7-16(14)21-17/h5-6,9-10,18H,3-4,7-8,11,19H2,1-2H3. The number of nitrogens with two attached hydrogens (primary N) is 1. The maximum Gasteiger partial charge on any atom is 0.0648 e. The van der Waals surface area contributed by atoms with Gasteiger partial charge in [-0.25, -0.2) is 0 Å². The molecule has 0 aliphatic carbocycles. The first-order valence-electron chi connectivity index (χ1n) is 7.79. The van der Waals surface area contributed by atoms with Gasteiger partial charge < -0.3 is 5.73 Å². The van der Waals surface area contributed by atoms with Gasteiger partial charge in [-0.15, -0.1) is 11.3 Å². The highest BCUT2D eigenvalue weighted by Gasteiger charge is 2.19. The Balaban J connectivity index is 1.97. The van der Waals surface area contributed by atoms with Crippen LogP contribution < -0.4 is 5.73 Å². The van der Waals surface area contributed by atoms with Gasteiger partial charge in [0, 0.05) is 15.5 Å². The third-order valence-corrected chi connectivity index (χ3v) is 6.62. The SMILES string of the molecule is CCc1ccc(CC)c(C(N)c2cc3c(s2)CCSC3)c1. The first kappa shape index (κ1) is 15.1. The number of hydrogen-bond acceptors (Lipinski definition) is 3. The van der Waals surface area contributed by atoms with Crippen molar-refractivity contribution >= 4 is 23.1 Å². The highest BCUT2D eigenvalue weighted by molar-refractivity contribution is 7.98. The van der Waals surface area contributed by atoms with Gasteiger partial charge in [0.05, 0.1) is 6.04 Å². The molecule has 2 heterocycles. The van der Waals surface area contributed by atoms with Gasteiger partial charge in [-0.1, -0.05) is 32.0 Å². The van der Waals surface area contributed by atoms with E-state index in [1.165, 1.54) is 39.3 Å². The van der Waals surface area contributed by atoms with Gasteiger partial charge in [-0.2, -0.15) is 11.8 Å². The summed E-state index contributed by atoms with van der Waals surface area (Å²) >= 11 is 3.97. The Hall–Kier alpha value is -0.770. The second kappa shape index (κ2) is 6.55. The van der Waals surface area contributed by atoms with Crippen LogP contribution in [0.25, 0.3) is 0 Å². The predicted molar refractivity (Wildman–Crippen MR) is 95.4 cm³/mol. The van der Waals surface area contributed by atoms with Crippen LogP contribution in [0.15, 0.2) is 24.3 Å². The van der Waals surface area contributed by atoms with E-state index in [4.69, 9.17) is 5.73 Å². The molecule has 0 saturated carbocycles. The van der Waals surface area contributed by atoms with E-state index in [0.29, 0.717) is 0 Å². The Labute approximate surface area is 136 Å². The zero-order valence-corrected chi connectivity index (χ0v) is 14.4. The van der Waals surface area contributed by atoms with E-state index in [0.717, 1.165) is 18.6 Å². The van der Waals surface area contributed by atoms with Gasteiger partial charge in [0.2, 0.25) is 0 Å². The summed E-state index contributed by atoms with van der Waals surface area (Å²) in [7, 11) is 0. The Morgan fingerprint density at radius 1 is 1.19 bits per heavy atom. The molecule has 1 atom stereocenters. The van der Waals surface area contributed by atoms with Gasteiger partial charge in [0.1, 0.15) is 0 Å². The smallest absolute Gasteiger partial charge is 0.0648 e. The fourth-order valence-electron chi connectivity index (χ4n) is 2.95. The molecule has 1 aliphatic heterocycles. The van der Waals surface area contributed by atoms with E-state index in [-0.39, 0.29) is 6.04 Å². The fraction of sp³-hybridized carbons (Fsp3) is 0.444. The van der Waals surface area contributed by atoms with Crippen molar-refractivity contribution in [2.24, 2.45) is 5.73 Å². The van der Waals surface area contributed by atoms with Crippen molar-refractivity contribution in [1.82, 2.24) is 0 Å². The lowest BCUT2D eigenvalue weighted by Gasteiger charge is -2.16. The molecule has 1 unspecified atom stereocenters. The van der Waals surface area contributed by atoms with Crippen molar-refractivity contribution in [3.63, 3.8) is 0 Å². The van der Waals surface area contributed by atoms with Gasteiger partial charge in [0.25, 0.3) is 0 Å². The molecule has 2 N–H and O–H groups in total. The van der Waals surface area contributed by atoms with Crippen LogP contribution in [-0.4, -0.2) is 5.75 Å². The molecule has 0 saturated heterocycles. The van der Waals surface area contributed by atoms with Crippen molar-refractivity contribution in [2.45, 2.75) is 44.9 Å². The molecule has 0 radical (unpaired) electrons. The normalized spacial score (nSPS) is 15.8. The highest BCUT2D eigenvalue weighted by atomic mass is 32.2. The zero-order chi connectivity index (χ0) is 14.8. The van der Waals surface area contributed by atoms with Crippen LogP contribution >= 0.6 is 23.1 Å². The second-order valence-corrected chi connectivity index (χ2v) is 7.89. The van der Waals surface area contributed by atoms with E-state index in [9.17, 15) is 0 Å². The summed E-state index contributed by atoms with van der Waals surface area (Å²) in [6.07, 6.45) is 3.34. The Bertz CT molecular complexity index is 607. The summed E-state index contributed by atoms with van der Waals surface area (Å²) in [6, 6.07) is 9.21. The van der Waals surface area contributed by atoms with E-state index in [2.05, 4.69) is 38.1 Å². The van der Waals surface area contributed by atoms with E-state index < -0.39 is 0 Å². The van der Waals surface area contributed by atoms with E-state index in [1.54, 1.807) is 4.88 Å². The molecule has 0 spiro atoms. The Morgan fingerprint density at radius 3 is 2.76 bits per heavy atom. The number of fused-ring (bicyclic) bond motifs is 1. The van der Waals surface area contributed by atoms with Crippen molar-refractivity contribution in [3.05, 3.63) is 56.3 Å². The number of thiophene rings is 1. The fourth-order valence-corrected chi connectivity index (χ4v) is 5.35. The number of thioether (sulfide) groups is 1. The topological polar surface area (TPSA) is 26.0 Å². The lowest BCUT2D eigenvalue weighted by molar-refractivity contribution is 0.862. The lowest BCUT2D eigenvalue weighted by Crippen LogP contribution is -2.13.